The smallest absolute Gasteiger partial charge is 0.270 e. The Morgan fingerprint density at radius 2 is 2.04 bits per heavy atom. The summed E-state index contributed by atoms with van der Waals surface area (Å²) in [7, 11) is 0. The zero-order valence-electron chi connectivity index (χ0n) is 14.2. The number of halogens is 1. The highest BCUT2D eigenvalue weighted by Crippen LogP contribution is 2.23. The summed E-state index contributed by atoms with van der Waals surface area (Å²) in [4.78, 5) is 21.3. The lowest BCUT2D eigenvalue weighted by molar-refractivity contribution is 0.0870. The summed E-state index contributed by atoms with van der Waals surface area (Å²) in [5.41, 5.74) is 1.91. The number of nitrogens with one attached hydrogen (secondary N) is 1. The fourth-order valence-electron chi connectivity index (χ4n) is 3.19. The molecular formula is C19H22ClN3O2. The van der Waals surface area contributed by atoms with Crippen LogP contribution in [0, 0.1) is 12.8 Å². The molecule has 1 heterocycles. The lowest BCUT2D eigenvalue weighted by atomic mass is 9.87. The first-order chi connectivity index (χ1) is 12.0. The third-order valence-corrected chi connectivity index (χ3v) is 4.75. The maximum Gasteiger partial charge on any atom is 0.270 e. The van der Waals surface area contributed by atoms with Crippen molar-refractivity contribution < 1.29 is 9.90 Å². The predicted octanol–water partition coefficient (Wildman–Crippen LogP) is 3.39. The SMILES string of the molecule is Cc1cc(C(=O)NC[C@H]2CCC[C@H](O)C2)nc(-c2ccc(Cl)cc2)n1. The number of rotatable bonds is 4. The number of aromatic nitrogens is 2. The first-order valence-corrected chi connectivity index (χ1v) is 8.97. The van der Waals surface area contributed by atoms with E-state index in [-0.39, 0.29) is 12.0 Å². The monoisotopic (exact) mass is 359 g/mol. The fraction of sp³-hybridized carbons (Fsp3) is 0.421. The standard InChI is InChI=1S/C19H22ClN3O2/c1-12-9-17(19(25)21-11-13-3-2-4-16(24)10-13)23-18(22-12)14-5-7-15(20)8-6-14/h5-9,13,16,24H,2-4,10-11H2,1H3,(H,21,25)/t13-,16-/m0/s1. The molecule has 2 aromatic rings. The lowest BCUT2D eigenvalue weighted by Gasteiger charge is -2.25. The van der Waals surface area contributed by atoms with Crippen molar-refractivity contribution in [2.75, 3.05) is 6.54 Å². The maximum atomic E-state index is 12.5. The second kappa shape index (κ2) is 7.93. The van der Waals surface area contributed by atoms with Gasteiger partial charge in [0, 0.05) is 22.8 Å². The summed E-state index contributed by atoms with van der Waals surface area (Å²) < 4.78 is 0. The highest BCUT2D eigenvalue weighted by Gasteiger charge is 2.21. The van der Waals surface area contributed by atoms with Crippen LogP contribution < -0.4 is 5.32 Å². The van der Waals surface area contributed by atoms with Crippen LogP contribution in [0.5, 0.6) is 0 Å². The van der Waals surface area contributed by atoms with Crippen LogP contribution in [0.4, 0.5) is 0 Å². The Kier molecular flexibility index (Phi) is 5.66. The number of aliphatic hydroxyl groups excluding tert-OH is 1. The second-order valence-corrected chi connectivity index (χ2v) is 7.06. The molecule has 1 aromatic heterocycles. The van der Waals surface area contributed by atoms with Crippen LogP contribution in [0.3, 0.4) is 0 Å². The Bertz CT molecular complexity index is 749. The highest BCUT2D eigenvalue weighted by molar-refractivity contribution is 6.30. The van der Waals surface area contributed by atoms with Crippen molar-refractivity contribution in [3.8, 4) is 11.4 Å². The maximum absolute atomic E-state index is 12.5. The van der Waals surface area contributed by atoms with Gasteiger partial charge in [-0.1, -0.05) is 18.0 Å². The molecule has 132 valence electrons. The van der Waals surface area contributed by atoms with Gasteiger partial charge in [0.25, 0.3) is 5.91 Å². The van der Waals surface area contributed by atoms with Gasteiger partial charge >= 0.3 is 0 Å². The van der Waals surface area contributed by atoms with Crippen molar-refractivity contribution in [2.45, 2.75) is 38.7 Å². The largest absolute Gasteiger partial charge is 0.393 e. The van der Waals surface area contributed by atoms with Gasteiger partial charge in [0.15, 0.2) is 5.82 Å². The van der Waals surface area contributed by atoms with Crippen LogP contribution in [0.25, 0.3) is 11.4 Å². The second-order valence-electron chi connectivity index (χ2n) is 6.62. The first kappa shape index (κ1) is 17.8. The van der Waals surface area contributed by atoms with E-state index in [4.69, 9.17) is 11.6 Å². The van der Waals surface area contributed by atoms with Crippen LogP contribution in [0.1, 0.15) is 41.9 Å². The van der Waals surface area contributed by atoms with Gasteiger partial charge < -0.3 is 10.4 Å². The van der Waals surface area contributed by atoms with E-state index in [1.165, 1.54) is 0 Å². The molecule has 1 aromatic carbocycles. The van der Waals surface area contributed by atoms with Crippen LogP contribution in [-0.4, -0.2) is 33.6 Å². The minimum absolute atomic E-state index is 0.208. The summed E-state index contributed by atoms with van der Waals surface area (Å²) in [6.45, 7) is 2.41. The zero-order chi connectivity index (χ0) is 17.8. The summed E-state index contributed by atoms with van der Waals surface area (Å²) >= 11 is 5.91. The van der Waals surface area contributed by atoms with Crippen molar-refractivity contribution >= 4 is 17.5 Å². The number of aliphatic hydroxyl groups is 1. The molecule has 1 fully saturated rings. The van der Waals surface area contributed by atoms with E-state index in [2.05, 4.69) is 15.3 Å². The number of nitrogens with zero attached hydrogens (tertiary/aromatic N) is 2. The molecule has 1 saturated carbocycles. The summed E-state index contributed by atoms with van der Waals surface area (Å²) in [6.07, 6.45) is 3.41. The number of carbonyl (C=O) groups excluding carboxylic acids is 1. The molecule has 25 heavy (non-hydrogen) atoms. The first-order valence-electron chi connectivity index (χ1n) is 8.59. The molecule has 0 aliphatic heterocycles. The average molecular weight is 360 g/mol. The fourth-order valence-corrected chi connectivity index (χ4v) is 3.31. The molecule has 0 bridgehead atoms. The highest BCUT2D eigenvalue weighted by atomic mass is 35.5. The van der Waals surface area contributed by atoms with E-state index in [0.29, 0.717) is 29.0 Å². The Balaban J connectivity index is 1.71. The normalized spacial score (nSPS) is 20.3. The molecule has 6 heteroatoms. The number of hydrogen-bond donors (Lipinski definition) is 2. The van der Waals surface area contributed by atoms with E-state index in [9.17, 15) is 9.90 Å². The molecule has 0 saturated heterocycles. The number of carbonyl (C=O) groups is 1. The Hall–Kier alpha value is -1.98. The summed E-state index contributed by atoms with van der Waals surface area (Å²) in [5, 5.41) is 13.3. The van der Waals surface area contributed by atoms with E-state index in [1.807, 2.05) is 19.1 Å². The van der Waals surface area contributed by atoms with Crippen LogP contribution >= 0.6 is 11.6 Å². The van der Waals surface area contributed by atoms with Crippen molar-refractivity contribution in [1.82, 2.24) is 15.3 Å². The third kappa shape index (κ3) is 4.77. The zero-order valence-corrected chi connectivity index (χ0v) is 15.0. The van der Waals surface area contributed by atoms with Gasteiger partial charge in [0.2, 0.25) is 0 Å². The number of hydrogen-bond acceptors (Lipinski definition) is 4. The number of amides is 1. The Morgan fingerprint density at radius 3 is 2.76 bits per heavy atom. The van der Waals surface area contributed by atoms with Gasteiger partial charge in [-0.05, 0) is 62.4 Å². The summed E-state index contributed by atoms with van der Waals surface area (Å²) in [6, 6.07) is 8.91. The number of benzene rings is 1. The van der Waals surface area contributed by atoms with Crippen LogP contribution in [-0.2, 0) is 0 Å². The van der Waals surface area contributed by atoms with Crippen molar-refractivity contribution in [2.24, 2.45) is 5.92 Å². The van der Waals surface area contributed by atoms with Gasteiger partial charge in [-0.3, -0.25) is 4.79 Å². The molecule has 1 aliphatic rings. The van der Waals surface area contributed by atoms with Gasteiger partial charge in [-0.2, -0.15) is 0 Å². The minimum Gasteiger partial charge on any atom is -0.393 e. The molecule has 2 atom stereocenters. The third-order valence-electron chi connectivity index (χ3n) is 4.50. The number of aryl methyl sites for hydroxylation is 1. The van der Waals surface area contributed by atoms with E-state index in [1.54, 1.807) is 18.2 Å². The predicted molar refractivity (Wildman–Crippen MR) is 97.5 cm³/mol. The summed E-state index contributed by atoms with van der Waals surface area (Å²) in [5.74, 6) is 0.627. The van der Waals surface area contributed by atoms with E-state index < -0.39 is 0 Å². The van der Waals surface area contributed by atoms with Gasteiger partial charge in [0.05, 0.1) is 6.10 Å². The topological polar surface area (TPSA) is 75.1 Å². The quantitative estimate of drug-likeness (QED) is 0.877. The molecule has 0 spiro atoms. The minimum atomic E-state index is -0.242. The Morgan fingerprint density at radius 1 is 1.28 bits per heavy atom. The van der Waals surface area contributed by atoms with Gasteiger partial charge in [-0.25, -0.2) is 9.97 Å². The van der Waals surface area contributed by atoms with Gasteiger partial charge in [0.1, 0.15) is 5.69 Å². The van der Waals surface area contributed by atoms with Crippen LogP contribution in [0.15, 0.2) is 30.3 Å². The van der Waals surface area contributed by atoms with Crippen molar-refractivity contribution in [3.63, 3.8) is 0 Å². The average Bonchev–Trinajstić information content (AvgIpc) is 2.60. The van der Waals surface area contributed by atoms with Crippen molar-refractivity contribution in [1.29, 1.82) is 0 Å². The van der Waals surface area contributed by atoms with E-state index in [0.717, 1.165) is 36.9 Å². The molecule has 0 radical (unpaired) electrons. The molecule has 2 N–H and O–H groups in total. The molecule has 1 aliphatic carbocycles. The lowest BCUT2D eigenvalue weighted by Crippen LogP contribution is -2.33. The van der Waals surface area contributed by atoms with Crippen LogP contribution in [0.2, 0.25) is 5.02 Å². The molecular weight excluding hydrogens is 338 g/mol. The van der Waals surface area contributed by atoms with E-state index >= 15 is 0 Å². The molecule has 1 amide bonds. The molecule has 0 unspecified atom stereocenters. The van der Waals surface area contributed by atoms with Gasteiger partial charge in [-0.15, -0.1) is 0 Å². The Labute approximate surface area is 152 Å². The molecule has 5 nitrogen and oxygen atoms in total. The molecule has 3 rings (SSSR count). The van der Waals surface area contributed by atoms with Crippen molar-refractivity contribution in [3.05, 3.63) is 46.7 Å².